The maximum absolute atomic E-state index is 2.42. The average Bonchev–Trinajstić information content (AvgIpc) is 2.95. The lowest BCUT2D eigenvalue weighted by atomic mass is 9.85. The van der Waals surface area contributed by atoms with Gasteiger partial charge in [-0.15, -0.1) is 0 Å². The van der Waals surface area contributed by atoms with Crippen molar-refractivity contribution in [2.24, 2.45) is 5.92 Å². The summed E-state index contributed by atoms with van der Waals surface area (Å²) in [6, 6.07) is 9.67. The highest BCUT2D eigenvalue weighted by molar-refractivity contribution is 7.97. The van der Waals surface area contributed by atoms with Crippen molar-refractivity contribution in [2.45, 2.75) is 56.3 Å². The molecule has 98 valence electrons. The van der Waals surface area contributed by atoms with E-state index in [2.05, 4.69) is 24.3 Å². The Labute approximate surface area is 115 Å². The monoisotopic (exact) mass is 261 g/mol. The first-order valence-electron chi connectivity index (χ1n) is 7.68. The van der Waals surface area contributed by atoms with Crippen LogP contribution < -0.4 is 0 Å². The first kappa shape index (κ1) is 12.6. The summed E-state index contributed by atoms with van der Waals surface area (Å²) in [4.78, 5) is 1.62. The quantitative estimate of drug-likeness (QED) is 0.699. The molecule has 1 saturated carbocycles. The van der Waals surface area contributed by atoms with Crippen molar-refractivity contribution in [2.75, 3.05) is 11.5 Å². The molecule has 0 spiro atoms. The Morgan fingerprint density at radius 3 is 2.17 bits per heavy atom. The highest BCUT2D eigenvalue weighted by atomic mass is 32.2. The lowest BCUT2D eigenvalue weighted by molar-refractivity contribution is 0.356. The van der Waals surface area contributed by atoms with E-state index in [9.17, 15) is 0 Å². The van der Waals surface area contributed by atoms with Crippen LogP contribution in [-0.2, 0) is 17.3 Å². The van der Waals surface area contributed by atoms with Crippen molar-refractivity contribution in [3.63, 3.8) is 0 Å². The van der Waals surface area contributed by atoms with Gasteiger partial charge in [-0.25, -0.2) is 0 Å². The van der Waals surface area contributed by atoms with Crippen LogP contribution in [0.4, 0.5) is 0 Å². The van der Waals surface area contributed by atoms with Gasteiger partial charge in [-0.1, -0.05) is 44.2 Å². The minimum atomic E-state index is 0.594. The van der Waals surface area contributed by atoms with E-state index in [-0.39, 0.29) is 0 Å². The van der Waals surface area contributed by atoms with Gasteiger partial charge in [0.05, 0.1) is 0 Å². The van der Waals surface area contributed by atoms with Gasteiger partial charge in [-0.2, -0.15) is 0 Å². The normalized spacial score (nSPS) is 22.4. The van der Waals surface area contributed by atoms with E-state index in [1.54, 1.807) is 10.5 Å². The highest BCUT2D eigenvalue weighted by Gasteiger charge is 2.26. The van der Waals surface area contributed by atoms with Crippen LogP contribution in [0.3, 0.4) is 0 Å². The average molecular weight is 261 g/mol. The number of hydrogen-bond donors (Lipinski definition) is 0. The van der Waals surface area contributed by atoms with Crippen molar-refractivity contribution >= 4 is 10.9 Å². The second kappa shape index (κ2) is 6.14. The summed E-state index contributed by atoms with van der Waals surface area (Å²) in [6.45, 7) is 0. The largest absolute Gasteiger partial charge is 0.154 e. The van der Waals surface area contributed by atoms with E-state index >= 15 is 0 Å². The molecule has 0 aromatic heterocycles. The number of rotatable bonds is 3. The van der Waals surface area contributed by atoms with Gasteiger partial charge in [-0.05, 0) is 42.9 Å². The molecular weight excluding hydrogens is 236 g/mol. The molecule has 3 rings (SSSR count). The SMILES string of the molecule is c1cc([S+]2CCCC2)ccc1CC1CCCCC1. The van der Waals surface area contributed by atoms with Crippen molar-refractivity contribution in [3.8, 4) is 0 Å². The topological polar surface area (TPSA) is 0 Å². The second-order valence-electron chi connectivity index (χ2n) is 5.96. The predicted octanol–water partition coefficient (Wildman–Crippen LogP) is 4.58. The molecular formula is C17H25S+. The molecule has 1 aliphatic heterocycles. The van der Waals surface area contributed by atoms with Crippen LogP contribution in [0.1, 0.15) is 50.5 Å². The lowest BCUT2D eigenvalue weighted by Gasteiger charge is -2.21. The fraction of sp³-hybridized carbons (Fsp3) is 0.647. The fourth-order valence-corrected chi connectivity index (χ4v) is 5.73. The molecule has 0 nitrogen and oxygen atoms in total. The van der Waals surface area contributed by atoms with Crippen LogP contribution in [0.25, 0.3) is 0 Å². The molecule has 0 unspecified atom stereocenters. The zero-order valence-corrected chi connectivity index (χ0v) is 12.2. The molecule has 0 amide bonds. The Balaban J connectivity index is 1.59. The zero-order chi connectivity index (χ0) is 12.2. The Morgan fingerprint density at radius 1 is 0.833 bits per heavy atom. The molecule has 0 atom stereocenters. The fourth-order valence-electron chi connectivity index (χ4n) is 3.43. The van der Waals surface area contributed by atoms with E-state index in [1.165, 1.54) is 62.9 Å². The highest BCUT2D eigenvalue weighted by Crippen LogP contribution is 2.28. The molecule has 0 N–H and O–H groups in total. The van der Waals surface area contributed by atoms with Crippen LogP contribution in [0.2, 0.25) is 0 Å². The van der Waals surface area contributed by atoms with Gasteiger partial charge in [0.25, 0.3) is 0 Å². The molecule has 1 saturated heterocycles. The number of hydrogen-bond acceptors (Lipinski definition) is 0. The Kier molecular flexibility index (Phi) is 4.30. The summed E-state index contributed by atoms with van der Waals surface area (Å²) in [5.41, 5.74) is 1.58. The van der Waals surface area contributed by atoms with Gasteiger partial charge >= 0.3 is 0 Å². The molecule has 1 heterocycles. The van der Waals surface area contributed by atoms with Crippen LogP contribution in [-0.4, -0.2) is 11.5 Å². The third-order valence-corrected chi connectivity index (χ3v) is 7.04. The summed E-state index contributed by atoms with van der Waals surface area (Å²) in [5.74, 6) is 3.86. The van der Waals surface area contributed by atoms with Gasteiger partial charge < -0.3 is 0 Å². The Morgan fingerprint density at radius 2 is 1.50 bits per heavy atom. The molecule has 2 fully saturated rings. The molecule has 0 radical (unpaired) electrons. The molecule has 1 aromatic carbocycles. The maximum atomic E-state index is 2.42. The molecule has 1 aliphatic carbocycles. The van der Waals surface area contributed by atoms with Gasteiger partial charge in [0.15, 0.2) is 4.90 Å². The van der Waals surface area contributed by atoms with Crippen LogP contribution in [0.5, 0.6) is 0 Å². The summed E-state index contributed by atoms with van der Waals surface area (Å²) in [7, 11) is 0.594. The Bertz CT molecular complexity index is 356. The smallest absolute Gasteiger partial charge is 0.0540 e. The molecule has 1 heteroatoms. The Hall–Kier alpha value is -0.430. The third-order valence-electron chi connectivity index (χ3n) is 4.54. The van der Waals surface area contributed by atoms with Crippen molar-refractivity contribution < 1.29 is 0 Å². The van der Waals surface area contributed by atoms with E-state index < -0.39 is 0 Å². The van der Waals surface area contributed by atoms with E-state index in [1.807, 2.05) is 0 Å². The van der Waals surface area contributed by atoms with Crippen LogP contribution in [0.15, 0.2) is 29.2 Å². The van der Waals surface area contributed by atoms with Gasteiger partial charge in [0.2, 0.25) is 0 Å². The van der Waals surface area contributed by atoms with Crippen LogP contribution in [0, 0.1) is 5.92 Å². The van der Waals surface area contributed by atoms with E-state index in [0.29, 0.717) is 10.9 Å². The summed E-state index contributed by atoms with van der Waals surface area (Å²) in [5, 5.41) is 0. The maximum Gasteiger partial charge on any atom is 0.154 e. The standard InChI is InChI=1S/C17H25S/c1-2-6-15(7-3-1)14-16-8-10-17(11-9-16)18-12-4-5-13-18/h8-11,15H,1-7,12-14H2/q+1. The predicted molar refractivity (Wildman–Crippen MR) is 81.3 cm³/mol. The molecule has 0 bridgehead atoms. The van der Waals surface area contributed by atoms with Crippen molar-refractivity contribution in [1.82, 2.24) is 0 Å². The molecule has 1 aromatic rings. The van der Waals surface area contributed by atoms with Crippen LogP contribution >= 0.6 is 0 Å². The van der Waals surface area contributed by atoms with Crippen molar-refractivity contribution in [3.05, 3.63) is 29.8 Å². The molecule has 2 aliphatic rings. The van der Waals surface area contributed by atoms with Gasteiger partial charge in [0, 0.05) is 10.9 Å². The zero-order valence-electron chi connectivity index (χ0n) is 11.4. The van der Waals surface area contributed by atoms with Gasteiger partial charge in [-0.3, -0.25) is 0 Å². The summed E-state index contributed by atoms with van der Waals surface area (Å²) < 4.78 is 0. The van der Waals surface area contributed by atoms with E-state index in [4.69, 9.17) is 0 Å². The summed E-state index contributed by atoms with van der Waals surface area (Å²) >= 11 is 0. The first-order valence-corrected chi connectivity index (χ1v) is 9.24. The lowest BCUT2D eigenvalue weighted by Crippen LogP contribution is -2.09. The second-order valence-corrected chi connectivity index (χ2v) is 8.23. The third kappa shape index (κ3) is 3.12. The molecule has 18 heavy (non-hydrogen) atoms. The first-order chi connectivity index (χ1) is 8.92. The van der Waals surface area contributed by atoms with E-state index in [0.717, 1.165) is 5.92 Å². The minimum Gasteiger partial charge on any atom is -0.0540 e. The minimum absolute atomic E-state index is 0.594. The number of benzene rings is 1. The summed E-state index contributed by atoms with van der Waals surface area (Å²) in [6.07, 6.45) is 11.6. The van der Waals surface area contributed by atoms with Gasteiger partial charge in [0.1, 0.15) is 11.5 Å². The van der Waals surface area contributed by atoms with Crippen molar-refractivity contribution in [1.29, 1.82) is 0 Å².